The van der Waals surface area contributed by atoms with E-state index in [0.29, 0.717) is 0 Å². The van der Waals surface area contributed by atoms with Gasteiger partial charge in [-0.05, 0) is 20.8 Å². The van der Waals surface area contributed by atoms with Crippen LogP contribution in [0.25, 0.3) is 0 Å². The Morgan fingerprint density at radius 3 is 2.15 bits per heavy atom. The zero-order valence-corrected chi connectivity index (χ0v) is 8.10. The van der Waals surface area contributed by atoms with Crippen LogP contribution < -0.4 is 5.73 Å². The first-order chi connectivity index (χ1) is 5.83. The molecule has 1 aliphatic heterocycles. The minimum absolute atomic E-state index is 0.671. The van der Waals surface area contributed by atoms with Crippen LogP contribution in [0, 0.1) is 0 Å². The number of hydrogen-bond donors (Lipinski definition) is 3. The van der Waals surface area contributed by atoms with E-state index in [-0.39, 0.29) is 0 Å². The van der Waals surface area contributed by atoms with Crippen LogP contribution in [0.4, 0.5) is 0 Å². The van der Waals surface area contributed by atoms with E-state index >= 15 is 0 Å². The Morgan fingerprint density at radius 1 is 1.31 bits per heavy atom. The molecule has 5 heteroatoms. The van der Waals surface area contributed by atoms with Crippen molar-refractivity contribution in [2.45, 2.75) is 51.1 Å². The fraction of sp³-hybridized carbons (Fsp3) is 1.00. The van der Waals surface area contributed by atoms with Crippen LogP contribution in [0.2, 0.25) is 0 Å². The highest BCUT2D eigenvalue weighted by atomic mass is 16.8. The van der Waals surface area contributed by atoms with Gasteiger partial charge in [0.05, 0.1) is 6.10 Å². The quantitative estimate of drug-likeness (QED) is 0.530. The highest BCUT2D eigenvalue weighted by Crippen LogP contribution is 2.28. The van der Waals surface area contributed by atoms with Gasteiger partial charge in [0.15, 0.2) is 5.79 Å². The van der Waals surface area contributed by atoms with Crippen molar-refractivity contribution < 1.29 is 19.7 Å². The molecule has 1 saturated heterocycles. The lowest BCUT2D eigenvalue weighted by Crippen LogP contribution is -2.45. The fourth-order valence-electron chi connectivity index (χ4n) is 1.36. The molecule has 0 radical (unpaired) electrons. The van der Waals surface area contributed by atoms with Gasteiger partial charge in [-0.15, -0.1) is 0 Å². The molecule has 1 aliphatic rings. The number of hydrogen-bond acceptors (Lipinski definition) is 5. The molecule has 0 amide bonds. The second-order valence-corrected chi connectivity index (χ2v) is 3.80. The topological polar surface area (TPSA) is 84.9 Å². The van der Waals surface area contributed by atoms with Crippen molar-refractivity contribution in [1.82, 2.24) is 0 Å². The molecule has 1 rings (SSSR count). The van der Waals surface area contributed by atoms with Crippen LogP contribution in [-0.4, -0.2) is 40.5 Å². The van der Waals surface area contributed by atoms with Crippen molar-refractivity contribution in [3.8, 4) is 0 Å². The van der Waals surface area contributed by atoms with Gasteiger partial charge in [-0.25, -0.2) is 0 Å². The van der Waals surface area contributed by atoms with Gasteiger partial charge < -0.3 is 25.4 Å². The SMILES string of the molecule is C[C@@H](O)[C@H](O)[C@H]1OC(C)(C)O[C@H]1N. The van der Waals surface area contributed by atoms with Crippen LogP contribution in [-0.2, 0) is 9.47 Å². The van der Waals surface area contributed by atoms with Crippen LogP contribution >= 0.6 is 0 Å². The third-order valence-electron chi connectivity index (χ3n) is 1.99. The maximum atomic E-state index is 9.49. The number of nitrogens with two attached hydrogens (primary N) is 1. The fourth-order valence-corrected chi connectivity index (χ4v) is 1.36. The lowest BCUT2D eigenvalue weighted by atomic mass is 10.1. The minimum Gasteiger partial charge on any atom is -0.391 e. The Kier molecular flexibility index (Phi) is 2.94. The molecule has 0 aromatic heterocycles. The molecule has 0 spiro atoms. The number of aliphatic hydroxyl groups is 2. The highest BCUT2D eigenvalue weighted by Gasteiger charge is 2.44. The molecule has 0 unspecified atom stereocenters. The van der Waals surface area contributed by atoms with Gasteiger partial charge in [0.1, 0.15) is 18.4 Å². The van der Waals surface area contributed by atoms with E-state index in [2.05, 4.69) is 0 Å². The van der Waals surface area contributed by atoms with E-state index in [1.165, 1.54) is 6.92 Å². The van der Waals surface area contributed by atoms with E-state index in [9.17, 15) is 5.11 Å². The van der Waals surface area contributed by atoms with Gasteiger partial charge in [0, 0.05) is 0 Å². The van der Waals surface area contributed by atoms with E-state index in [4.69, 9.17) is 20.3 Å². The molecule has 0 bridgehead atoms. The summed E-state index contributed by atoms with van der Waals surface area (Å²) < 4.78 is 10.5. The zero-order chi connectivity index (χ0) is 10.2. The summed E-state index contributed by atoms with van der Waals surface area (Å²) in [5, 5.41) is 18.6. The molecule has 0 aliphatic carbocycles. The van der Waals surface area contributed by atoms with Gasteiger partial charge in [-0.1, -0.05) is 0 Å². The third-order valence-corrected chi connectivity index (χ3v) is 1.99. The largest absolute Gasteiger partial charge is 0.391 e. The van der Waals surface area contributed by atoms with E-state index in [0.717, 1.165) is 0 Å². The number of aliphatic hydroxyl groups excluding tert-OH is 2. The predicted molar refractivity (Wildman–Crippen MR) is 45.7 cm³/mol. The van der Waals surface area contributed by atoms with Crippen molar-refractivity contribution in [2.75, 3.05) is 0 Å². The maximum Gasteiger partial charge on any atom is 0.165 e. The lowest BCUT2D eigenvalue weighted by molar-refractivity contribution is -0.161. The van der Waals surface area contributed by atoms with E-state index in [1.807, 2.05) is 0 Å². The molecule has 4 atom stereocenters. The molecule has 4 N–H and O–H groups in total. The van der Waals surface area contributed by atoms with Gasteiger partial charge >= 0.3 is 0 Å². The monoisotopic (exact) mass is 191 g/mol. The molecule has 5 nitrogen and oxygen atoms in total. The number of ether oxygens (including phenoxy) is 2. The summed E-state index contributed by atoms with van der Waals surface area (Å²) in [7, 11) is 0. The summed E-state index contributed by atoms with van der Waals surface area (Å²) in [6.45, 7) is 4.90. The highest BCUT2D eigenvalue weighted by molar-refractivity contribution is 4.85. The molecular formula is C8H17NO4. The predicted octanol–water partition coefficient (Wildman–Crippen LogP) is -0.836. The standard InChI is InChI=1S/C8H17NO4/c1-4(10)5(11)6-7(9)13-8(2,3)12-6/h4-7,10-11H,9H2,1-3H3/t4-,5+,6-,7-/m1/s1. The lowest BCUT2D eigenvalue weighted by Gasteiger charge is -2.22. The Balaban J connectivity index is 2.62. The van der Waals surface area contributed by atoms with Crippen molar-refractivity contribution >= 4 is 0 Å². The summed E-state index contributed by atoms with van der Waals surface area (Å²) in [4.78, 5) is 0. The van der Waals surface area contributed by atoms with Gasteiger partial charge in [0.2, 0.25) is 0 Å². The van der Waals surface area contributed by atoms with Crippen molar-refractivity contribution in [1.29, 1.82) is 0 Å². The Hall–Kier alpha value is -0.200. The van der Waals surface area contributed by atoms with Crippen LogP contribution in [0.1, 0.15) is 20.8 Å². The summed E-state index contributed by atoms with van der Waals surface area (Å²) in [5.74, 6) is -0.792. The Labute approximate surface area is 77.4 Å². The second-order valence-electron chi connectivity index (χ2n) is 3.80. The average Bonchev–Trinajstić information content (AvgIpc) is 2.22. The van der Waals surface area contributed by atoms with Crippen LogP contribution in [0.15, 0.2) is 0 Å². The molecule has 1 heterocycles. The zero-order valence-electron chi connectivity index (χ0n) is 8.10. The van der Waals surface area contributed by atoms with E-state index in [1.54, 1.807) is 13.8 Å². The molecule has 0 saturated carbocycles. The van der Waals surface area contributed by atoms with Crippen molar-refractivity contribution in [3.05, 3.63) is 0 Å². The first kappa shape index (κ1) is 10.9. The molecule has 1 fully saturated rings. The third kappa shape index (κ3) is 2.38. The molecule has 78 valence electrons. The van der Waals surface area contributed by atoms with E-state index < -0.39 is 30.3 Å². The smallest absolute Gasteiger partial charge is 0.165 e. The minimum atomic E-state index is -1.02. The van der Waals surface area contributed by atoms with Crippen LogP contribution in [0.5, 0.6) is 0 Å². The first-order valence-corrected chi connectivity index (χ1v) is 4.31. The average molecular weight is 191 g/mol. The summed E-state index contributed by atoms with van der Waals surface area (Å²) in [5.41, 5.74) is 5.57. The maximum absolute atomic E-state index is 9.49. The van der Waals surface area contributed by atoms with Gasteiger partial charge in [-0.2, -0.15) is 0 Å². The van der Waals surface area contributed by atoms with Gasteiger partial charge in [0.25, 0.3) is 0 Å². The van der Waals surface area contributed by atoms with Crippen molar-refractivity contribution in [2.24, 2.45) is 5.73 Å². The van der Waals surface area contributed by atoms with Crippen molar-refractivity contribution in [3.63, 3.8) is 0 Å². The Morgan fingerprint density at radius 2 is 1.85 bits per heavy atom. The normalized spacial score (nSPS) is 37.4. The van der Waals surface area contributed by atoms with Crippen LogP contribution in [0.3, 0.4) is 0 Å². The Bertz CT molecular complexity index is 183. The van der Waals surface area contributed by atoms with Gasteiger partial charge in [-0.3, -0.25) is 0 Å². The summed E-state index contributed by atoms with van der Waals surface area (Å²) in [6.07, 6.45) is -3.26. The number of rotatable bonds is 2. The molecule has 13 heavy (non-hydrogen) atoms. The summed E-state index contributed by atoms with van der Waals surface area (Å²) >= 11 is 0. The molecular weight excluding hydrogens is 174 g/mol. The molecule has 0 aromatic carbocycles. The molecule has 0 aromatic rings. The second kappa shape index (κ2) is 3.51. The first-order valence-electron chi connectivity index (χ1n) is 4.31. The summed E-state index contributed by atoms with van der Waals surface area (Å²) in [6, 6.07) is 0.